The molecule has 8 nitrogen and oxygen atoms in total. The second-order valence-corrected chi connectivity index (χ2v) is 8.59. The number of carbonyl (C=O) groups excluding carboxylic acids is 3. The second-order valence-electron chi connectivity index (χ2n) is 7.67. The van der Waals surface area contributed by atoms with E-state index in [-0.39, 0.29) is 18.3 Å². The molecule has 0 bridgehead atoms. The van der Waals surface area contributed by atoms with Crippen LogP contribution in [0.5, 0.6) is 0 Å². The molecule has 0 spiro atoms. The Bertz CT molecular complexity index is 1170. The molecular weight excluding hydrogens is 476 g/mol. The maximum Gasteiger partial charge on any atom is 0.328 e. The Morgan fingerprint density at radius 2 is 1.88 bits per heavy atom. The van der Waals surface area contributed by atoms with Crippen molar-refractivity contribution in [1.29, 1.82) is 0 Å². The van der Waals surface area contributed by atoms with Gasteiger partial charge in [0.15, 0.2) is 0 Å². The lowest BCUT2D eigenvalue weighted by Crippen LogP contribution is -2.42. The third-order valence-corrected chi connectivity index (χ3v) is 5.73. The van der Waals surface area contributed by atoms with Gasteiger partial charge in [0, 0.05) is 28.7 Å². The summed E-state index contributed by atoms with van der Waals surface area (Å²) >= 11 is 3.42. The molecule has 1 saturated heterocycles. The average Bonchev–Trinajstić information content (AvgIpc) is 3.41. The van der Waals surface area contributed by atoms with Crippen molar-refractivity contribution in [3.05, 3.63) is 64.3 Å². The van der Waals surface area contributed by atoms with Gasteiger partial charge in [-0.25, -0.2) is 4.68 Å². The summed E-state index contributed by atoms with van der Waals surface area (Å²) in [6, 6.07) is 14.4. The number of halogens is 1. The van der Waals surface area contributed by atoms with Crippen molar-refractivity contribution >= 4 is 50.2 Å². The number of amides is 3. The molecule has 1 aliphatic rings. The van der Waals surface area contributed by atoms with Crippen molar-refractivity contribution < 1.29 is 19.1 Å². The van der Waals surface area contributed by atoms with Crippen molar-refractivity contribution in [2.75, 3.05) is 23.9 Å². The number of nitrogens with zero attached hydrogens (tertiary/aromatic N) is 1. The Balaban J connectivity index is 1.56. The van der Waals surface area contributed by atoms with Gasteiger partial charge in [0.2, 0.25) is 0 Å². The van der Waals surface area contributed by atoms with Crippen LogP contribution in [0, 0.1) is 6.92 Å². The smallest absolute Gasteiger partial charge is 0.328 e. The van der Waals surface area contributed by atoms with Crippen molar-refractivity contribution in [3.8, 4) is 0 Å². The molecule has 1 aliphatic heterocycles. The molecule has 3 aromatic rings. The summed E-state index contributed by atoms with van der Waals surface area (Å²) in [5, 5.41) is 6.15. The first-order valence-electron chi connectivity index (χ1n) is 10.3. The predicted molar refractivity (Wildman–Crippen MR) is 125 cm³/mol. The molecule has 32 heavy (non-hydrogen) atoms. The lowest BCUT2D eigenvalue weighted by atomic mass is 10.2. The summed E-state index contributed by atoms with van der Waals surface area (Å²) in [7, 11) is 0. The van der Waals surface area contributed by atoms with Crippen LogP contribution >= 0.6 is 15.9 Å². The van der Waals surface area contributed by atoms with Gasteiger partial charge in [-0.15, -0.1) is 0 Å². The Hall–Kier alpha value is -3.17. The molecule has 9 heteroatoms. The third kappa shape index (κ3) is 5.00. The molecule has 2 heterocycles. The van der Waals surface area contributed by atoms with Crippen LogP contribution in [0.2, 0.25) is 0 Å². The molecule has 3 amide bonds. The highest BCUT2D eigenvalue weighted by atomic mass is 79.9. The van der Waals surface area contributed by atoms with Crippen LogP contribution in [0.3, 0.4) is 0 Å². The van der Waals surface area contributed by atoms with E-state index in [2.05, 4.69) is 32.0 Å². The number of rotatable bonds is 5. The number of aryl methyl sites for hydroxylation is 1. The molecule has 0 aliphatic carbocycles. The van der Waals surface area contributed by atoms with Gasteiger partial charge < -0.3 is 15.4 Å². The van der Waals surface area contributed by atoms with E-state index in [9.17, 15) is 14.4 Å². The monoisotopic (exact) mass is 498 g/mol. The van der Waals surface area contributed by atoms with E-state index < -0.39 is 17.7 Å². The van der Waals surface area contributed by atoms with E-state index in [0.717, 1.165) is 28.3 Å². The lowest BCUT2D eigenvalue weighted by molar-refractivity contribution is -0.136. The maximum absolute atomic E-state index is 13.0. The zero-order valence-electron chi connectivity index (χ0n) is 17.5. The fourth-order valence-electron chi connectivity index (χ4n) is 3.55. The van der Waals surface area contributed by atoms with E-state index >= 15 is 0 Å². The van der Waals surface area contributed by atoms with E-state index in [1.807, 2.05) is 25.1 Å². The van der Waals surface area contributed by atoms with E-state index in [4.69, 9.17) is 4.74 Å². The first kappa shape index (κ1) is 22.0. The summed E-state index contributed by atoms with van der Waals surface area (Å²) in [6.45, 7) is 2.89. The molecule has 2 aromatic carbocycles. The summed E-state index contributed by atoms with van der Waals surface area (Å²) in [4.78, 5) is 37.9. The standard InChI is InChI=1S/C23H23BrN4O4/c1-14-4-7-17(8-5-14)26-21(29)20-12-15-11-16(24)6-9-19(15)28(20)27-23(31)22(30)25-13-18-3-2-10-32-18/h4-9,11-12,18H,2-3,10,13H2,1H3,(H,25,30)(H,26,29)(H,27,31)/t18-/m0/s1. The zero-order chi connectivity index (χ0) is 22.7. The highest BCUT2D eigenvalue weighted by Gasteiger charge is 2.22. The molecular formula is C23H23BrN4O4. The lowest BCUT2D eigenvalue weighted by Gasteiger charge is -2.14. The van der Waals surface area contributed by atoms with Gasteiger partial charge in [-0.05, 0) is 56.2 Å². The van der Waals surface area contributed by atoms with E-state index in [0.29, 0.717) is 17.8 Å². The molecule has 1 fully saturated rings. The third-order valence-electron chi connectivity index (χ3n) is 5.24. The van der Waals surface area contributed by atoms with E-state index in [1.54, 1.807) is 30.3 Å². The van der Waals surface area contributed by atoms with Gasteiger partial charge in [0.1, 0.15) is 5.69 Å². The number of hydrogen-bond acceptors (Lipinski definition) is 4. The molecule has 0 unspecified atom stereocenters. The Morgan fingerprint density at radius 3 is 2.59 bits per heavy atom. The van der Waals surface area contributed by atoms with Crippen molar-refractivity contribution in [3.63, 3.8) is 0 Å². The minimum absolute atomic E-state index is 0.0765. The number of hydrogen-bond donors (Lipinski definition) is 3. The van der Waals surface area contributed by atoms with Crippen LogP contribution < -0.4 is 16.1 Å². The number of aromatic nitrogens is 1. The first-order chi connectivity index (χ1) is 15.4. The zero-order valence-corrected chi connectivity index (χ0v) is 19.1. The summed E-state index contributed by atoms with van der Waals surface area (Å²) in [5.74, 6) is -2.07. The van der Waals surface area contributed by atoms with Crippen LogP contribution in [0.25, 0.3) is 10.9 Å². The van der Waals surface area contributed by atoms with Gasteiger partial charge in [-0.2, -0.15) is 0 Å². The average molecular weight is 499 g/mol. The highest BCUT2D eigenvalue weighted by molar-refractivity contribution is 9.10. The largest absolute Gasteiger partial charge is 0.376 e. The topological polar surface area (TPSA) is 101 Å². The van der Waals surface area contributed by atoms with E-state index in [1.165, 1.54) is 4.68 Å². The maximum atomic E-state index is 13.0. The molecule has 1 atom stereocenters. The number of carbonyl (C=O) groups is 3. The van der Waals surface area contributed by atoms with Gasteiger partial charge >= 0.3 is 11.8 Å². The minimum atomic E-state index is -0.868. The van der Waals surface area contributed by atoms with Crippen LogP contribution in [0.15, 0.2) is 53.0 Å². The normalized spacial score (nSPS) is 15.5. The first-order valence-corrected chi connectivity index (χ1v) is 11.1. The SMILES string of the molecule is Cc1ccc(NC(=O)c2cc3cc(Br)ccc3n2NC(=O)C(=O)NC[C@@H]2CCCO2)cc1. The fourth-order valence-corrected chi connectivity index (χ4v) is 3.93. The van der Waals surface area contributed by atoms with Gasteiger partial charge in [-0.1, -0.05) is 33.6 Å². The van der Waals surface area contributed by atoms with Gasteiger partial charge in [0.05, 0.1) is 11.6 Å². The predicted octanol–water partition coefficient (Wildman–Crippen LogP) is 3.33. The van der Waals surface area contributed by atoms with Crippen molar-refractivity contribution in [2.24, 2.45) is 0 Å². The van der Waals surface area contributed by atoms with Crippen molar-refractivity contribution in [2.45, 2.75) is 25.9 Å². The number of nitrogens with one attached hydrogen (secondary N) is 3. The molecule has 4 rings (SSSR count). The van der Waals surface area contributed by atoms with Gasteiger partial charge in [-0.3, -0.25) is 19.8 Å². The van der Waals surface area contributed by atoms with Gasteiger partial charge in [0.25, 0.3) is 5.91 Å². The highest BCUT2D eigenvalue weighted by Crippen LogP contribution is 2.24. The number of benzene rings is 2. The molecule has 0 radical (unpaired) electrons. The summed E-state index contributed by atoms with van der Waals surface area (Å²) in [6.07, 6.45) is 1.71. The Kier molecular flexibility index (Phi) is 6.57. The van der Waals surface area contributed by atoms with Crippen LogP contribution in [-0.4, -0.2) is 41.7 Å². The summed E-state index contributed by atoms with van der Waals surface area (Å²) < 4.78 is 7.62. The second kappa shape index (κ2) is 9.54. The molecule has 3 N–H and O–H groups in total. The quantitative estimate of drug-likeness (QED) is 0.469. The molecule has 166 valence electrons. The van der Waals surface area contributed by atoms with Crippen LogP contribution in [-0.2, 0) is 14.3 Å². The Labute approximate surface area is 193 Å². The number of anilines is 1. The fraction of sp³-hybridized carbons (Fsp3) is 0.261. The molecule has 1 aromatic heterocycles. The summed E-state index contributed by atoms with van der Waals surface area (Å²) in [5.41, 5.74) is 5.03. The minimum Gasteiger partial charge on any atom is -0.376 e. The van der Waals surface area contributed by atoms with Crippen LogP contribution in [0.1, 0.15) is 28.9 Å². The number of ether oxygens (including phenoxy) is 1. The number of fused-ring (bicyclic) bond motifs is 1. The van der Waals surface area contributed by atoms with Crippen molar-refractivity contribution in [1.82, 2.24) is 9.99 Å². The van der Waals surface area contributed by atoms with Crippen LogP contribution in [0.4, 0.5) is 5.69 Å². The molecule has 0 saturated carbocycles. The Morgan fingerprint density at radius 1 is 1.09 bits per heavy atom.